The molecule has 0 fully saturated rings. The molecular formula is C19H19ClN6O2. The monoisotopic (exact) mass is 398 g/mol. The zero-order chi connectivity index (χ0) is 20.3. The number of benzene rings is 1. The van der Waals surface area contributed by atoms with Crippen LogP contribution >= 0.6 is 11.6 Å². The SMILES string of the molecule is C[C@H](O)c1ncc(C(=O)N[C@@H](C)Cn2ccc(-c3ccc(C#N)c(Cl)c3)n2)[nH]1. The number of aliphatic hydroxyl groups is 1. The summed E-state index contributed by atoms with van der Waals surface area (Å²) >= 11 is 6.08. The Morgan fingerprint density at radius 3 is 2.86 bits per heavy atom. The predicted octanol–water partition coefficient (Wildman–Crippen LogP) is 2.67. The standard InChI is InChI=1S/C19H19ClN6O2/c1-11(23-19(28)17-9-22-18(24-17)12(2)27)10-26-6-5-16(25-26)13-3-4-14(8-21)15(20)7-13/h3-7,9,11-12,27H,10H2,1-2H3,(H,22,24)(H,23,28)/t11-,12-/m0/s1. The fourth-order valence-corrected chi connectivity index (χ4v) is 2.90. The fourth-order valence-electron chi connectivity index (χ4n) is 2.67. The Balaban J connectivity index is 1.63. The number of hydrogen-bond acceptors (Lipinski definition) is 5. The molecule has 1 aromatic carbocycles. The van der Waals surface area contributed by atoms with Crippen molar-refractivity contribution in [3.05, 3.63) is 58.8 Å². The molecule has 2 aromatic heterocycles. The highest BCUT2D eigenvalue weighted by Gasteiger charge is 2.15. The van der Waals surface area contributed by atoms with E-state index < -0.39 is 6.10 Å². The lowest BCUT2D eigenvalue weighted by molar-refractivity contribution is 0.0931. The van der Waals surface area contributed by atoms with E-state index in [1.165, 1.54) is 6.20 Å². The quantitative estimate of drug-likeness (QED) is 0.589. The van der Waals surface area contributed by atoms with Crippen LogP contribution in [0.5, 0.6) is 0 Å². The summed E-state index contributed by atoms with van der Waals surface area (Å²) in [7, 11) is 0. The number of nitriles is 1. The second kappa shape index (κ2) is 8.25. The second-order valence-corrected chi connectivity index (χ2v) is 6.87. The summed E-state index contributed by atoms with van der Waals surface area (Å²) in [5, 5.41) is 26.2. The van der Waals surface area contributed by atoms with Crippen molar-refractivity contribution in [3.8, 4) is 17.3 Å². The van der Waals surface area contributed by atoms with Gasteiger partial charge in [-0.25, -0.2) is 4.98 Å². The van der Waals surface area contributed by atoms with Gasteiger partial charge in [0.1, 0.15) is 23.7 Å². The molecule has 0 aliphatic heterocycles. The van der Waals surface area contributed by atoms with E-state index in [0.717, 1.165) is 11.3 Å². The Labute approximate surface area is 166 Å². The molecule has 0 bridgehead atoms. The Morgan fingerprint density at radius 2 is 2.21 bits per heavy atom. The third-order valence-corrected chi connectivity index (χ3v) is 4.41. The molecular weight excluding hydrogens is 380 g/mol. The van der Waals surface area contributed by atoms with Gasteiger partial charge in [-0.2, -0.15) is 10.4 Å². The number of aromatic nitrogens is 4. The predicted molar refractivity (Wildman–Crippen MR) is 104 cm³/mol. The molecule has 3 aromatic rings. The molecule has 0 aliphatic carbocycles. The lowest BCUT2D eigenvalue weighted by atomic mass is 10.1. The number of nitrogens with one attached hydrogen (secondary N) is 2. The number of aromatic amines is 1. The summed E-state index contributed by atoms with van der Waals surface area (Å²) in [5.74, 6) is 0.0359. The Bertz CT molecular complexity index is 1030. The Hall–Kier alpha value is -3.15. The number of amides is 1. The van der Waals surface area contributed by atoms with Gasteiger partial charge in [0.2, 0.25) is 0 Å². The van der Waals surface area contributed by atoms with Gasteiger partial charge in [-0.05, 0) is 32.0 Å². The molecule has 0 saturated heterocycles. The molecule has 2 heterocycles. The van der Waals surface area contributed by atoms with E-state index in [1.54, 1.807) is 29.8 Å². The van der Waals surface area contributed by atoms with E-state index in [9.17, 15) is 9.90 Å². The molecule has 0 radical (unpaired) electrons. The number of halogens is 1. The van der Waals surface area contributed by atoms with E-state index in [2.05, 4.69) is 20.4 Å². The third-order valence-electron chi connectivity index (χ3n) is 4.10. The van der Waals surface area contributed by atoms with Crippen molar-refractivity contribution in [2.75, 3.05) is 0 Å². The van der Waals surface area contributed by atoms with Gasteiger partial charge in [0.05, 0.1) is 29.0 Å². The van der Waals surface area contributed by atoms with Crippen LogP contribution in [-0.4, -0.2) is 36.8 Å². The summed E-state index contributed by atoms with van der Waals surface area (Å²) in [5.41, 5.74) is 2.23. The number of nitrogens with zero attached hydrogens (tertiary/aromatic N) is 4. The average Bonchev–Trinajstić information content (AvgIpc) is 3.31. The Kier molecular flexibility index (Phi) is 5.78. The highest BCUT2D eigenvalue weighted by atomic mass is 35.5. The normalized spacial score (nSPS) is 13.0. The maximum absolute atomic E-state index is 12.3. The van der Waals surface area contributed by atoms with Crippen LogP contribution in [-0.2, 0) is 6.54 Å². The molecule has 1 amide bonds. The molecule has 0 aliphatic rings. The van der Waals surface area contributed by atoms with Crippen LogP contribution in [0.3, 0.4) is 0 Å². The summed E-state index contributed by atoms with van der Waals surface area (Å²) < 4.78 is 1.72. The minimum atomic E-state index is -0.766. The first-order valence-corrected chi connectivity index (χ1v) is 9.02. The summed E-state index contributed by atoms with van der Waals surface area (Å²) in [6.45, 7) is 3.90. The summed E-state index contributed by atoms with van der Waals surface area (Å²) in [4.78, 5) is 19.0. The van der Waals surface area contributed by atoms with Gasteiger partial charge < -0.3 is 15.4 Å². The van der Waals surface area contributed by atoms with Crippen molar-refractivity contribution >= 4 is 17.5 Å². The van der Waals surface area contributed by atoms with Crippen LogP contribution < -0.4 is 5.32 Å². The van der Waals surface area contributed by atoms with Crippen molar-refractivity contribution < 1.29 is 9.90 Å². The molecule has 9 heteroatoms. The van der Waals surface area contributed by atoms with Gasteiger partial charge in [-0.1, -0.05) is 17.7 Å². The third kappa shape index (κ3) is 4.39. The number of hydrogen-bond donors (Lipinski definition) is 3. The molecule has 144 valence electrons. The van der Waals surface area contributed by atoms with Crippen molar-refractivity contribution in [1.82, 2.24) is 25.1 Å². The minimum absolute atomic E-state index is 0.192. The first-order chi connectivity index (χ1) is 13.4. The van der Waals surface area contributed by atoms with Gasteiger partial charge in [-0.15, -0.1) is 0 Å². The van der Waals surface area contributed by atoms with Gasteiger partial charge in [-0.3, -0.25) is 9.48 Å². The average molecular weight is 399 g/mol. The number of carbonyl (C=O) groups excluding carboxylic acids is 1. The van der Waals surface area contributed by atoms with Crippen molar-refractivity contribution in [2.45, 2.75) is 32.5 Å². The van der Waals surface area contributed by atoms with Crippen LogP contribution in [0, 0.1) is 11.3 Å². The largest absolute Gasteiger partial charge is 0.385 e. The van der Waals surface area contributed by atoms with Crippen molar-refractivity contribution in [2.24, 2.45) is 0 Å². The smallest absolute Gasteiger partial charge is 0.269 e. The van der Waals surface area contributed by atoms with Crippen LogP contribution in [0.25, 0.3) is 11.3 Å². The summed E-state index contributed by atoms with van der Waals surface area (Å²) in [6, 6.07) is 8.83. The number of rotatable bonds is 6. The first kappa shape index (κ1) is 19.6. The highest BCUT2D eigenvalue weighted by Crippen LogP contribution is 2.24. The number of carbonyl (C=O) groups is 1. The molecule has 3 N–H and O–H groups in total. The topological polar surface area (TPSA) is 120 Å². The molecule has 0 saturated carbocycles. The van der Waals surface area contributed by atoms with Crippen LogP contribution in [0.2, 0.25) is 5.02 Å². The van der Waals surface area contributed by atoms with E-state index in [1.807, 2.05) is 25.3 Å². The molecule has 0 spiro atoms. The zero-order valence-electron chi connectivity index (χ0n) is 15.3. The number of imidazole rings is 1. The molecule has 8 nitrogen and oxygen atoms in total. The lowest BCUT2D eigenvalue weighted by Gasteiger charge is -2.13. The van der Waals surface area contributed by atoms with Gasteiger partial charge in [0.25, 0.3) is 5.91 Å². The number of H-pyrrole nitrogens is 1. The zero-order valence-corrected chi connectivity index (χ0v) is 16.1. The van der Waals surface area contributed by atoms with Crippen molar-refractivity contribution in [1.29, 1.82) is 5.26 Å². The Morgan fingerprint density at radius 1 is 1.43 bits per heavy atom. The number of aliphatic hydroxyl groups excluding tert-OH is 1. The maximum Gasteiger partial charge on any atom is 0.269 e. The highest BCUT2D eigenvalue weighted by molar-refractivity contribution is 6.32. The molecule has 28 heavy (non-hydrogen) atoms. The minimum Gasteiger partial charge on any atom is -0.385 e. The molecule has 0 unspecified atom stereocenters. The molecule has 2 atom stereocenters. The van der Waals surface area contributed by atoms with Gasteiger partial charge in [0, 0.05) is 17.8 Å². The van der Waals surface area contributed by atoms with E-state index in [0.29, 0.717) is 23.0 Å². The first-order valence-electron chi connectivity index (χ1n) is 8.64. The van der Waals surface area contributed by atoms with Crippen LogP contribution in [0.1, 0.15) is 41.8 Å². The second-order valence-electron chi connectivity index (χ2n) is 6.46. The van der Waals surface area contributed by atoms with E-state index >= 15 is 0 Å². The van der Waals surface area contributed by atoms with Crippen molar-refractivity contribution in [3.63, 3.8) is 0 Å². The van der Waals surface area contributed by atoms with E-state index in [4.69, 9.17) is 16.9 Å². The van der Waals surface area contributed by atoms with Gasteiger partial charge in [0.15, 0.2) is 0 Å². The lowest BCUT2D eigenvalue weighted by Crippen LogP contribution is -2.36. The summed E-state index contributed by atoms with van der Waals surface area (Å²) in [6.07, 6.45) is 2.44. The fraction of sp³-hybridized carbons (Fsp3) is 0.263. The van der Waals surface area contributed by atoms with Crippen LogP contribution in [0.4, 0.5) is 0 Å². The van der Waals surface area contributed by atoms with Crippen LogP contribution in [0.15, 0.2) is 36.7 Å². The molecule has 3 rings (SSSR count). The van der Waals surface area contributed by atoms with E-state index in [-0.39, 0.29) is 17.6 Å². The maximum atomic E-state index is 12.3. The van der Waals surface area contributed by atoms with Gasteiger partial charge >= 0.3 is 0 Å².